The van der Waals surface area contributed by atoms with Gasteiger partial charge in [-0.2, -0.15) is 0 Å². The highest BCUT2D eigenvalue weighted by molar-refractivity contribution is 5.75. The van der Waals surface area contributed by atoms with Crippen LogP contribution in [0.3, 0.4) is 0 Å². The van der Waals surface area contributed by atoms with Crippen molar-refractivity contribution in [3.63, 3.8) is 0 Å². The highest BCUT2D eigenvalue weighted by Crippen LogP contribution is 2.61. The Kier molecular flexibility index (Phi) is 2.02. The lowest BCUT2D eigenvalue weighted by atomic mass is 9.45. The van der Waals surface area contributed by atoms with Gasteiger partial charge in [0.25, 0.3) is 0 Å². The van der Waals surface area contributed by atoms with Crippen LogP contribution in [0.5, 0.6) is 0 Å². The van der Waals surface area contributed by atoms with E-state index in [1.165, 1.54) is 12.8 Å². The van der Waals surface area contributed by atoms with Crippen molar-refractivity contribution < 1.29 is 0 Å². The molecule has 3 heteroatoms. The number of aliphatic imine (C=N–C) groups is 1. The summed E-state index contributed by atoms with van der Waals surface area (Å²) >= 11 is 0. The summed E-state index contributed by atoms with van der Waals surface area (Å²) in [5.41, 5.74) is 11.4. The molecule has 3 aliphatic carbocycles. The Morgan fingerprint density at radius 3 is 2.36 bits per heavy atom. The zero-order chi connectivity index (χ0) is 10.5. The smallest absolute Gasteiger partial charge is 0.186 e. The van der Waals surface area contributed by atoms with Gasteiger partial charge in [-0.1, -0.05) is 20.8 Å². The Morgan fingerprint density at radius 1 is 1.29 bits per heavy atom. The van der Waals surface area contributed by atoms with Crippen LogP contribution in [0.2, 0.25) is 0 Å². The Labute approximate surface area is 86.0 Å². The minimum Gasteiger partial charge on any atom is -0.370 e. The second-order valence-electron chi connectivity index (χ2n) is 5.58. The van der Waals surface area contributed by atoms with Gasteiger partial charge in [0.1, 0.15) is 0 Å². The van der Waals surface area contributed by atoms with Gasteiger partial charge < -0.3 is 11.5 Å². The van der Waals surface area contributed by atoms with Gasteiger partial charge in [0.15, 0.2) is 5.96 Å². The third kappa shape index (κ3) is 1.22. The predicted molar refractivity (Wildman–Crippen MR) is 58.8 cm³/mol. The van der Waals surface area contributed by atoms with Crippen LogP contribution in [0, 0.1) is 23.2 Å². The second-order valence-corrected chi connectivity index (χ2v) is 5.58. The first-order chi connectivity index (χ1) is 6.43. The largest absolute Gasteiger partial charge is 0.370 e. The van der Waals surface area contributed by atoms with E-state index in [1.54, 1.807) is 0 Å². The van der Waals surface area contributed by atoms with Crippen molar-refractivity contribution in [3.05, 3.63) is 0 Å². The first-order valence-electron chi connectivity index (χ1n) is 5.51. The number of guanidine groups is 1. The van der Waals surface area contributed by atoms with E-state index < -0.39 is 0 Å². The topological polar surface area (TPSA) is 64.4 Å². The summed E-state index contributed by atoms with van der Waals surface area (Å²) in [5, 5.41) is 0. The minimum absolute atomic E-state index is 0.251. The molecule has 3 nitrogen and oxygen atoms in total. The third-order valence-corrected chi connectivity index (χ3v) is 4.63. The Hall–Kier alpha value is -0.730. The lowest BCUT2D eigenvalue weighted by Crippen LogP contribution is -2.56. The molecule has 14 heavy (non-hydrogen) atoms. The van der Waals surface area contributed by atoms with Crippen molar-refractivity contribution in [3.8, 4) is 0 Å². The molecule has 0 amide bonds. The number of rotatable bonds is 1. The normalized spacial score (nSPS) is 43.9. The maximum absolute atomic E-state index is 5.44. The van der Waals surface area contributed by atoms with Crippen LogP contribution >= 0.6 is 0 Å². The van der Waals surface area contributed by atoms with E-state index in [0.717, 1.165) is 11.8 Å². The lowest BCUT2D eigenvalue weighted by Gasteiger charge is -2.61. The molecule has 0 saturated heterocycles. The van der Waals surface area contributed by atoms with Gasteiger partial charge in [0.2, 0.25) is 0 Å². The predicted octanol–water partition coefficient (Wildman–Crippen LogP) is 1.33. The molecule has 4 N–H and O–H groups in total. The first kappa shape index (κ1) is 9.81. The molecule has 0 radical (unpaired) electrons. The van der Waals surface area contributed by atoms with Gasteiger partial charge in [0, 0.05) is 0 Å². The highest BCUT2D eigenvalue weighted by atomic mass is 15.0. The SMILES string of the molecule is C[C@@H]1C(N=C(N)N)C[C@H]2C[C@@H]1C2(C)C. The zero-order valence-electron chi connectivity index (χ0n) is 9.33. The summed E-state index contributed by atoms with van der Waals surface area (Å²) in [6.07, 6.45) is 2.55. The lowest BCUT2D eigenvalue weighted by molar-refractivity contribution is -0.108. The van der Waals surface area contributed by atoms with E-state index in [-0.39, 0.29) is 5.96 Å². The maximum Gasteiger partial charge on any atom is 0.186 e. The van der Waals surface area contributed by atoms with E-state index >= 15 is 0 Å². The van der Waals surface area contributed by atoms with Crippen molar-refractivity contribution in [2.75, 3.05) is 0 Å². The summed E-state index contributed by atoms with van der Waals surface area (Å²) in [6.45, 7) is 7.06. The van der Waals surface area contributed by atoms with Crippen LogP contribution in [0.25, 0.3) is 0 Å². The molecule has 0 spiro atoms. The molecule has 4 atom stereocenters. The summed E-state index contributed by atoms with van der Waals surface area (Å²) < 4.78 is 0. The van der Waals surface area contributed by atoms with Gasteiger partial charge >= 0.3 is 0 Å². The highest BCUT2D eigenvalue weighted by Gasteiger charge is 2.56. The molecule has 0 aromatic carbocycles. The Morgan fingerprint density at radius 2 is 1.93 bits per heavy atom. The van der Waals surface area contributed by atoms with Crippen LogP contribution in [-0.4, -0.2) is 12.0 Å². The molecule has 0 aliphatic heterocycles. The van der Waals surface area contributed by atoms with Gasteiger partial charge in [-0.25, -0.2) is 0 Å². The van der Waals surface area contributed by atoms with E-state index in [9.17, 15) is 0 Å². The molecular formula is C11H21N3. The molecule has 0 heterocycles. The molecular weight excluding hydrogens is 174 g/mol. The Balaban J connectivity index is 2.12. The van der Waals surface area contributed by atoms with Crippen molar-refractivity contribution in [1.29, 1.82) is 0 Å². The summed E-state index contributed by atoms with van der Waals surface area (Å²) in [5.74, 6) is 2.53. The molecule has 3 aliphatic rings. The van der Waals surface area contributed by atoms with Crippen molar-refractivity contribution in [1.82, 2.24) is 0 Å². The van der Waals surface area contributed by atoms with Gasteiger partial charge in [-0.15, -0.1) is 0 Å². The summed E-state index contributed by atoms with van der Waals surface area (Å²) in [7, 11) is 0. The van der Waals surface area contributed by atoms with Crippen LogP contribution in [0.4, 0.5) is 0 Å². The fourth-order valence-corrected chi connectivity index (χ4v) is 3.48. The molecule has 0 aromatic rings. The number of fused-ring (bicyclic) bond motifs is 2. The monoisotopic (exact) mass is 195 g/mol. The number of nitrogens with two attached hydrogens (primary N) is 2. The molecule has 3 saturated carbocycles. The third-order valence-electron chi connectivity index (χ3n) is 4.63. The van der Waals surface area contributed by atoms with Gasteiger partial charge in [0.05, 0.1) is 6.04 Å². The minimum atomic E-state index is 0.251. The summed E-state index contributed by atoms with van der Waals surface area (Å²) in [4.78, 5) is 4.34. The van der Waals surface area contributed by atoms with Gasteiger partial charge in [-0.3, -0.25) is 4.99 Å². The van der Waals surface area contributed by atoms with E-state index in [0.29, 0.717) is 17.4 Å². The number of nitrogens with zero attached hydrogens (tertiary/aromatic N) is 1. The molecule has 0 aromatic heterocycles. The van der Waals surface area contributed by atoms with Gasteiger partial charge in [-0.05, 0) is 36.0 Å². The number of hydrogen-bond acceptors (Lipinski definition) is 1. The average molecular weight is 195 g/mol. The van der Waals surface area contributed by atoms with Crippen LogP contribution in [-0.2, 0) is 0 Å². The van der Waals surface area contributed by atoms with Crippen LogP contribution in [0.1, 0.15) is 33.6 Å². The summed E-state index contributed by atoms with van der Waals surface area (Å²) in [6, 6.07) is 0.372. The molecule has 2 bridgehead atoms. The van der Waals surface area contributed by atoms with Crippen molar-refractivity contribution in [2.24, 2.45) is 39.6 Å². The maximum atomic E-state index is 5.44. The molecule has 1 unspecified atom stereocenters. The van der Waals surface area contributed by atoms with E-state index in [4.69, 9.17) is 11.5 Å². The average Bonchev–Trinajstić information content (AvgIpc) is 2.06. The van der Waals surface area contributed by atoms with Crippen LogP contribution in [0.15, 0.2) is 4.99 Å². The first-order valence-corrected chi connectivity index (χ1v) is 5.51. The molecule has 3 fully saturated rings. The quantitative estimate of drug-likeness (QED) is 0.489. The molecule has 3 rings (SSSR count). The standard InChI is InChI=1S/C11H21N3/c1-6-8-4-7(11(8,2)3)5-9(6)14-10(12)13/h6-9H,4-5H2,1-3H3,(H4,12,13,14)/t6-,7+,8-,9?/m0/s1. The second kappa shape index (κ2) is 2.88. The fraction of sp³-hybridized carbons (Fsp3) is 0.909. The fourth-order valence-electron chi connectivity index (χ4n) is 3.48. The van der Waals surface area contributed by atoms with E-state index in [1.807, 2.05) is 0 Å². The van der Waals surface area contributed by atoms with E-state index in [2.05, 4.69) is 25.8 Å². The zero-order valence-corrected chi connectivity index (χ0v) is 9.33. The van der Waals surface area contributed by atoms with Crippen molar-refractivity contribution >= 4 is 5.96 Å². The van der Waals surface area contributed by atoms with Crippen LogP contribution < -0.4 is 11.5 Å². The Bertz CT molecular complexity index is 266. The number of hydrogen-bond donors (Lipinski definition) is 2. The van der Waals surface area contributed by atoms with Crippen molar-refractivity contribution in [2.45, 2.75) is 39.7 Å². The molecule has 80 valence electrons.